The van der Waals surface area contributed by atoms with Gasteiger partial charge < -0.3 is 14.2 Å². The lowest BCUT2D eigenvalue weighted by Crippen LogP contribution is -2.25. The molecule has 1 aliphatic rings. The van der Waals surface area contributed by atoms with Gasteiger partial charge in [0.1, 0.15) is 11.5 Å². The molecule has 0 N–H and O–H groups in total. The summed E-state index contributed by atoms with van der Waals surface area (Å²) >= 11 is 0. The predicted molar refractivity (Wildman–Crippen MR) is 145 cm³/mol. The van der Waals surface area contributed by atoms with Gasteiger partial charge in [0.15, 0.2) is 23.2 Å². The van der Waals surface area contributed by atoms with E-state index in [-0.39, 0.29) is 28.9 Å². The van der Waals surface area contributed by atoms with Gasteiger partial charge in [0.05, 0.1) is 19.1 Å². The smallest absolute Gasteiger partial charge is 0.314 e. The first-order chi connectivity index (χ1) is 18.9. The molecule has 4 rings (SSSR count). The quantitative estimate of drug-likeness (QED) is 0.139. The standard InChI is InChI=1S/C32H35F3O4/c1-3-5-19-38-29-17-14-25(20-28(29)33)39-32(36)23-8-6-21(7-9-23)26-15-16-27(31(35)30(26)34)22-10-12-24(13-11-22)37-18-4-2/h10-17,20-21,23H,3-9,18-19H2,1-2H3. The van der Waals surface area contributed by atoms with E-state index < -0.39 is 23.4 Å². The highest BCUT2D eigenvalue weighted by Crippen LogP contribution is 2.39. The molecule has 0 aromatic heterocycles. The van der Waals surface area contributed by atoms with Crippen LogP contribution in [0.5, 0.6) is 17.2 Å². The Morgan fingerprint density at radius 1 is 0.795 bits per heavy atom. The number of carbonyl (C=O) groups is 1. The van der Waals surface area contributed by atoms with E-state index in [0.29, 0.717) is 55.8 Å². The fourth-order valence-corrected chi connectivity index (χ4v) is 4.88. The van der Waals surface area contributed by atoms with E-state index in [1.54, 1.807) is 36.4 Å². The molecule has 0 radical (unpaired) electrons. The molecule has 1 saturated carbocycles. The number of unbranched alkanes of at least 4 members (excludes halogenated alkanes) is 1. The van der Waals surface area contributed by atoms with Crippen LogP contribution in [0.25, 0.3) is 11.1 Å². The molecule has 3 aromatic carbocycles. The third-order valence-corrected chi connectivity index (χ3v) is 7.13. The second-order valence-electron chi connectivity index (χ2n) is 9.97. The van der Waals surface area contributed by atoms with Crippen LogP contribution in [-0.2, 0) is 4.79 Å². The molecule has 7 heteroatoms. The lowest BCUT2D eigenvalue weighted by atomic mass is 9.78. The van der Waals surface area contributed by atoms with E-state index in [4.69, 9.17) is 14.2 Å². The number of hydrogen-bond acceptors (Lipinski definition) is 4. The lowest BCUT2D eigenvalue weighted by molar-refractivity contribution is -0.140. The highest BCUT2D eigenvalue weighted by Gasteiger charge is 2.31. The van der Waals surface area contributed by atoms with Crippen LogP contribution >= 0.6 is 0 Å². The monoisotopic (exact) mass is 540 g/mol. The van der Waals surface area contributed by atoms with Crippen molar-refractivity contribution in [1.82, 2.24) is 0 Å². The Kier molecular flexibility index (Phi) is 9.90. The Hall–Kier alpha value is -3.48. The van der Waals surface area contributed by atoms with E-state index in [1.807, 2.05) is 13.8 Å². The Labute approximate surface area is 228 Å². The van der Waals surface area contributed by atoms with Crippen molar-refractivity contribution >= 4 is 5.97 Å². The zero-order valence-electron chi connectivity index (χ0n) is 22.5. The summed E-state index contributed by atoms with van der Waals surface area (Å²) in [5.41, 5.74) is 1.10. The fraction of sp³-hybridized carbons (Fsp3) is 0.406. The molecule has 0 spiro atoms. The molecule has 1 aliphatic carbocycles. The fourth-order valence-electron chi connectivity index (χ4n) is 4.88. The Morgan fingerprint density at radius 2 is 1.51 bits per heavy atom. The summed E-state index contributed by atoms with van der Waals surface area (Å²) in [5, 5.41) is 0. The second kappa shape index (κ2) is 13.5. The molecule has 0 aliphatic heterocycles. The molecule has 0 saturated heterocycles. The maximum absolute atomic E-state index is 15.2. The highest BCUT2D eigenvalue weighted by molar-refractivity contribution is 5.75. The van der Waals surface area contributed by atoms with Gasteiger partial charge in [-0.1, -0.05) is 44.5 Å². The third kappa shape index (κ3) is 7.14. The maximum atomic E-state index is 15.2. The number of ether oxygens (including phenoxy) is 3. The Bertz CT molecular complexity index is 1250. The van der Waals surface area contributed by atoms with E-state index >= 15 is 8.78 Å². The van der Waals surface area contributed by atoms with Crippen LogP contribution in [0.4, 0.5) is 13.2 Å². The van der Waals surface area contributed by atoms with Gasteiger partial charge in [0.2, 0.25) is 0 Å². The zero-order valence-corrected chi connectivity index (χ0v) is 22.5. The minimum absolute atomic E-state index is 0.121. The van der Waals surface area contributed by atoms with Crippen molar-refractivity contribution in [3.63, 3.8) is 0 Å². The van der Waals surface area contributed by atoms with Crippen LogP contribution in [0.15, 0.2) is 54.6 Å². The molecule has 0 atom stereocenters. The first kappa shape index (κ1) is 28.5. The minimum atomic E-state index is -0.875. The average Bonchev–Trinajstić information content (AvgIpc) is 2.95. The van der Waals surface area contributed by atoms with Crippen molar-refractivity contribution in [3.05, 3.63) is 77.6 Å². The highest BCUT2D eigenvalue weighted by atomic mass is 19.2. The van der Waals surface area contributed by atoms with Gasteiger partial charge in [-0.15, -0.1) is 0 Å². The van der Waals surface area contributed by atoms with Crippen molar-refractivity contribution in [2.75, 3.05) is 13.2 Å². The molecule has 4 nitrogen and oxygen atoms in total. The van der Waals surface area contributed by atoms with E-state index in [1.165, 1.54) is 12.1 Å². The van der Waals surface area contributed by atoms with Crippen LogP contribution in [0, 0.1) is 23.4 Å². The normalized spacial score (nSPS) is 17.1. The third-order valence-electron chi connectivity index (χ3n) is 7.13. The maximum Gasteiger partial charge on any atom is 0.314 e. The molecule has 0 unspecified atom stereocenters. The summed E-state index contributed by atoms with van der Waals surface area (Å²) in [4.78, 5) is 12.7. The van der Waals surface area contributed by atoms with E-state index in [9.17, 15) is 9.18 Å². The Morgan fingerprint density at radius 3 is 2.18 bits per heavy atom. The summed E-state index contributed by atoms with van der Waals surface area (Å²) < 4.78 is 60.9. The SMILES string of the molecule is CCCCOc1ccc(OC(=O)C2CCC(c3ccc(-c4ccc(OCCC)cc4)c(F)c3F)CC2)cc1F. The largest absolute Gasteiger partial charge is 0.494 e. The number of carbonyl (C=O) groups excluding carboxylic acids is 1. The molecule has 1 fully saturated rings. The molecule has 3 aromatic rings. The Balaban J connectivity index is 1.34. The van der Waals surface area contributed by atoms with Crippen LogP contribution < -0.4 is 14.2 Å². The molecular weight excluding hydrogens is 505 g/mol. The van der Waals surface area contributed by atoms with E-state index in [0.717, 1.165) is 25.3 Å². The molecule has 208 valence electrons. The summed E-state index contributed by atoms with van der Waals surface area (Å²) in [6.45, 7) is 5.05. The predicted octanol–water partition coefficient (Wildman–Crippen LogP) is 8.62. The van der Waals surface area contributed by atoms with Crippen molar-refractivity contribution in [3.8, 4) is 28.4 Å². The molecule has 0 amide bonds. The van der Waals surface area contributed by atoms with Gasteiger partial charge in [0, 0.05) is 11.6 Å². The first-order valence-electron chi connectivity index (χ1n) is 13.8. The number of benzene rings is 3. The number of rotatable bonds is 11. The topological polar surface area (TPSA) is 44.8 Å². The van der Waals surface area contributed by atoms with Gasteiger partial charge in [-0.3, -0.25) is 4.79 Å². The van der Waals surface area contributed by atoms with Crippen molar-refractivity contribution in [1.29, 1.82) is 0 Å². The van der Waals surface area contributed by atoms with Crippen LogP contribution in [0.3, 0.4) is 0 Å². The van der Waals surface area contributed by atoms with Crippen molar-refractivity contribution < 1.29 is 32.2 Å². The average molecular weight is 541 g/mol. The van der Waals surface area contributed by atoms with Gasteiger partial charge >= 0.3 is 5.97 Å². The number of hydrogen-bond donors (Lipinski definition) is 0. The lowest BCUT2D eigenvalue weighted by Gasteiger charge is -2.28. The minimum Gasteiger partial charge on any atom is -0.494 e. The first-order valence-corrected chi connectivity index (χ1v) is 13.8. The van der Waals surface area contributed by atoms with Gasteiger partial charge in [0.25, 0.3) is 0 Å². The molecule has 39 heavy (non-hydrogen) atoms. The molecule has 0 bridgehead atoms. The van der Waals surface area contributed by atoms with E-state index in [2.05, 4.69) is 0 Å². The number of esters is 1. The van der Waals surface area contributed by atoms with Crippen LogP contribution in [0.1, 0.15) is 70.3 Å². The van der Waals surface area contributed by atoms with Crippen LogP contribution in [0.2, 0.25) is 0 Å². The van der Waals surface area contributed by atoms with Crippen molar-refractivity contribution in [2.45, 2.75) is 64.7 Å². The van der Waals surface area contributed by atoms with Gasteiger partial charge in [-0.25, -0.2) is 13.2 Å². The summed E-state index contributed by atoms with van der Waals surface area (Å²) in [5.74, 6) is -2.39. The van der Waals surface area contributed by atoms with Gasteiger partial charge in [-0.05, 0) is 79.8 Å². The number of halogens is 3. The zero-order chi connectivity index (χ0) is 27.8. The summed E-state index contributed by atoms with van der Waals surface area (Å²) in [7, 11) is 0. The van der Waals surface area contributed by atoms with Crippen LogP contribution in [-0.4, -0.2) is 19.2 Å². The summed E-state index contributed by atoms with van der Waals surface area (Å²) in [6.07, 6.45) is 4.65. The van der Waals surface area contributed by atoms with Gasteiger partial charge in [-0.2, -0.15) is 0 Å². The van der Waals surface area contributed by atoms with Crippen molar-refractivity contribution in [2.24, 2.45) is 5.92 Å². The summed E-state index contributed by atoms with van der Waals surface area (Å²) in [6, 6.07) is 14.3. The molecule has 0 heterocycles. The second-order valence-corrected chi connectivity index (χ2v) is 9.97. The molecular formula is C32H35F3O4.